The fraction of sp³-hybridized carbons (Fsp3) is 0.133. The van der Waals surface area contributed by atoms with Crippen molar-refractivity contribution in [3.63, 3.8) is 0 Å². The number of nitriles is 1. The highest BCUT2D eigenvalue weighted by Crippen LogP contribution is 2.22. The van der Waals surface area contributed by atoms with Crippen LogP contribution in [0.1, 0.15) is 18.2 Å². The van der Waals surface area contributed by atoms with Crippen molar-refractivity contribution in [2.24, 2.45) is 0 Å². The molecule has 1 aromatic carbocycles. The van der Waals surface area contributed by atoms with Gasteiger partial charge in [-0.2, -0.15) is 5.26 Å². The Morgan fingerprint density at radius 2 is 2.25 bits per heavy atom. The topological polar surface area (TPSA) is 71.9 Å². The molecule has 0 N–H and O–H groups in total. The van der Waals surface area contributed by atoms with E-state index >= 15 is 0 Å². The third-order valence-electron chi connectivity index (χ3n) is 2.99. The molecule has 0 aliphatic carbocycles. The third kappa shape index (κ3) is 2.75. The van der Waals surface area contributed by atoms with E-state index in [-0.39, 0.29) is 5.69 Å². The van der Waals surface area contributed by atoms with E-state index in [1.807, 2.05) is 29.8 Å². The molecule has 0 bridgehead atoms. The standard InChI is InChI=1S/C15H13N3O2/c1-2-17-8-4-7-14(17)10-13(11-16)12-5-3-6-15(9-12)18(19)20/h3-10H,2H2,1H3/b13-10-. The second-order valence-corrected chi connectivity index (χ2v) is 4.20. The average Bonchev–Trinajstić information content (AvgIpc) is 2.92. The molecule has 2 aromatic rings. The number of aryl methyl sites for hydroxylation is 1. The fourth-order valence-corrected chi connectivity index (χ4v) is 1.96. The maximum absolute atomic E-state index is 10.8. The van der Waals surface area contributed by atoms with Crippen LogP contribution in [0.2, 0.25) is 0 Å². The number of aromatic nitrogens is 1. The lowest BCUT2D eigenvalue weighted by Gasteiger charge is -2.03. The van der Waals surface area contributed by atoms with Crippen molar-refractivity contribution in [2.45, 2.75) is 13.5 Å². The van der Waals surface area contributed by atoms with Gasteiger partial charge in [0.2, 0.25) is 0 Å². The second-order valence-electron chi connectivity index (χ2n) is 4.20. The summed E-state index contributed by atoms with van der Waals surface area (Å²) < 4.78 is 1.99. The van der Waals surface area contributed by atoms with Gasteiger partial charge >= 0.3 is 0 Å². The summed E-state index contributed by atoms with van der Waals surface area (Å²) >= 11 is 0. The third-order valence-corrected chi connectivity index (χ3v) is 2.99. The summed E-state index contributed by atoms with van der Waals surface area (Å²) in [6.45, 7) is 2.81. The van der Waals surface area contributed by atoms with Gasteiger partial charge in [0, 0.05) is 30.6 Å². The van der Waals surface area contributed by atoms with Crippen LogP contribution in [-0.2, 0) is 6.54 Å². The highest BCUT2D eigenvalue weighted by molar-refractivity contribution is 5.89. The molecular weight excluding hydrogens is 254 g/mol. The van der Waals surface area contributed by atoms with E-state index < -0.39 is 4.92 Å². The quantitative estimate of drug-likeness (QED) is 0.483. The monoisotopic (exact) mass is 267 g/mol. The molecule has 0 saturated heterocycles. The average molecular weight is 267 g/mol. The minimum Gasteiger partial charge on any atom is -0.348 e. The molecule has 2 rings (SSSR count). The minimum atomic E-state index is -0.465. The lowest BCUT2D eigenvalue weighted by molar-refractivity contribution is -0.384. The molecule has 0 spiro atoms. The number of nitro groups is 1. The molecule has 1 heterocycles. The molecule has 0 radical (unpaired) electrons. The van der Waals surface area contributed by atoms with Gasteiger partial charge in [-0.15, -0.1) is 0 Å². The van der Waals surface area contributed by atoms with Crippen molar-refractivity contribution in [3.8, 4) is 6.07 Å². The number of benzene rings is 1. The van der Waals surface area contributed by atoms with Crippen LogP contribution in [0.5, 0.6) is 0 Å². The smallest absolute Gasteiger partial charge is 0.270 e. The van der Waals surface area contributed by atoms with Crippen LogP contribution >= 0.6 is 0 Å². The zero-order valence-electron chi connectivity index (χ0n) is 11.0. The summed E-state index contributed by atoms with van der Waals surface area (Å²) in [4.78, 5) is 10.3. The summed E-state index contributed by atoms with van der Waals surface area (Å²) in [7, 11) is 0. The fourth-order valence-electron chi connectivity index (χ4n) is 1.96. The number of hydrogen-bond donors (Lipinski definition) is 0. The molecule has 0 atom stereocenters. The Morgan fingerprint density at radius 1 is 1.45 bits per heavy atom. The van der Waals surface area contributed by atoms with Crippen LogP contribution in [0.3, 0.4) is 0 Å². The Balaban J connectivity index is 2.45. The van der Waals surface area contributed by atoms with Crippen molar-refractivity contribution < 1.29 is 4.92 Å². The first kappa shape index (κ1) is 13.6. The van der Waals surface area contributed by atoms with Crippen LogP contribution in [0.25, 0.3) is 11.6 Å². The first-order chi connectivity index (χ1) is 9.65. The summed E-state index contributed by atoms with van der Waals surface area (Å²) in [5.74, 6) is 0. The van der Waals surface area contributed by atoms with Gasteiger partial charge in [0.1, 0.15) is 0 Å². The van der Waals surface area contributed by atoms with Gasteiger partial charge in [-0.05, 0) is 30.7 Å². The Hall–Kier alpha value is -2.87. The molecule has 20 heavy (non-hydrogen) atoms. The maximum atomic E-state index is 10.8. The Labute approximate surface area is 116 Å². The van der Waals surface area contributed by atoms with Gasteiger partial charge in [0.25, 0.3) is 5.69 Å². The predicted molar refractivity (Wildman–Crippen MR) is 76.7 cm³/mol. The number of nitro benzene ring substituents is 1. The van der Waals surface area contributed by atoms with Gasteiger partial charge in [-0.3, -0.25) is 10.1 Å². The highest BCUT2D eigenvalue weighted by Gasteiger charge is 2.09. The molecule has 0 amide bonds. The van der Waals surface area contributed by atoms with Crippen molar-refractivity contribution >= 4 is 17.3 Å². The number of allylic oxidation sites excluding steroid dienone is 1. The van der Waals surface area contributed by atoms with E-state index in [1.165, 1.54) is 12.1 Å². The lowest BCUT2D eigenvalue weighted by Crippen LogP contribution is -1.95. The van der Waals surface area contributed by atoms with Gasteiger partial charge in [0.15, 0.2) is 0 Å². The zero-order chi connectivity index (χ0) is 14.5. The van der Waals surface area contributed by atoms with Crippen molar-refractivity contribution in [3.05, 3.63) is 64.0 Å². The van der Waals surface area contributed by atoms with E-state index in [4.69, 9.17) is 0 Å². The second kappa shape index (κ2) is 5.85. The molecule has 0 unspecified atom stereocenters. The molecule has 100 valence electrons. The summed E-state index contributed by atoms with van der Waals surface area (Å²) in [5.41, 5.74) is 1.83. The summed E-state index contributed by atoms with van der Waals surface area (Å²) in [6.07, 6.45) is 3.66. The van der Waals surface area contributed by atoms with Crippen molar-refractivity contribution in [1.29, 1.82) is 5.26 Å². The van der Waals surface area contributed by atoms with Gasteiger partial charge in [-0.25, -0.2) is 0 Å². The number of non-ortho nitro benzene ring substituents is 1. The normalized spacial score (nSPS) is 11.1. The Morgan fingerprint density at radius 3 is 2.90 bits per heavy atom. The van der Waals surface area contributed by atoms with E-state index in [0.29, 0.717) is 11.1 Å². The molecule has 0 aliphatic rings. The maximum Gasteiger partial charge on any atom is 0.270 e. The van der Waals surface area contributed by atoms with Gasteiger partial charge in [-0.1, -0.05) is 12.1 Å². The predicted octanol–water partition coefficient (Wildman–Crippen LogP) is 3.48. The Kier molecular flexibility index (Phi) is 3.96. The SMILES string of the molecule is CCn1cccc1/C=C(/C#N)c1cccc([N+](=O)[O-])c1. The van der Waals surface area contributed by atoms with Crippen LogP contribution in [0.15, 0.2) is 42.6 Å². The highest BCUT2D eigenvalue weighted by atomic mass is 16.6. The molecule has 5 heteroatoms. The van der Waals surface area contributed by atoms with Gasteiger partial charge < -0.3 is 4.57 Å². The zero-order valence-corrected chi connectivity index (χ0v) is 11.0. The lowest BCUT2D eigenvalue weighted by atomic mass is 10.1. The van der Waals surface area contributed by atoms with Crippen LogP contribution in [-0.4, -0.2) is 9.49 Å². The largest absolute Gasteiger partial charge is 0.348 e. The van der Waals surface area contributed by atoms with E-state index in [0.717, 1.165) is 12.2 Å². The molecule has 0 fully saturated rings. The first-order valence-corrected chi connectivity index (χ1v) is 6.17. The minimum absolute atomic E-state index is 0.0190. The molecule has 0 saturated carbocycles. The van der Waals surface area contributed by atoms with E-state index in [9.17, 15) is 15.4 Å². The van der Waals surface area contributed by atoms with E-state index in [1.54, 1.807) is 18.2 Å². The van der Waals surface area contributed by atoms with Crippen LogP contribution in [0.4, 0.5) is 5.69 Å². The summed E-state index contributed by atoms with van der Waals surface area (Å²) in [6, 6.07) is 12.0. The van der Waals surface area contributed by atoms with E-state index in [2.05, 4.69) is 6.07 Å². The number of hydrogen-bond acceptors (Lipinski definition) is 3. The molecule has 5 nitrogen and oxygen atoms in total. The first-order valence-electron chi connectivity index (χ1n) is 6.17. The van der Waals surface area contributed by atoms with Gasteiger partial charge in [0.05, 0.1) is 16.6 Å². The molecular formula is C15H13N3O2. The molecule has 0 aliphatic heterocycles. The van der Waals surface area contributed by atoms with Crippen molar-refractivity contribution in [1.82, 2.24) is 4.57 Å². The number of rotatable bonds is 4. The van der Waals surface area contributed by atoms with Crippen molar-refractivity contribution in [2.75, 3.05) is 0 Å². The summed E-state index contributed by atoms with van der Waals surface area (Å²) in [5, 5.41) is 20.1. The van der Waals surface area contributed by atoms with Crippen LogP contribution < -0.4 is 0 Å². The van der Waals surface area contributed by atoms with Crippen LogP contribution in [0, 0.1) is 21.4 Å². The number of nitrogens with zero attached hydrogens (tertiary/aromatic N) is 3. The Bertz CT molecular complexity index is 708. The molecule has 1 aromatic heterocycles.